The molecule has 6 nitrogen and oxygen atoms in total. The number of hydrogen-bond donors (Lipinski definition) is 2. The van der Waals surface area contributed by atoms with E-state index in [0.29, 0.717) is 5.92 Å². The fraction of sp³-hybridized carbons (Fsp3) is 0.565. The van der Waals surface area contributed by atoms with Gasteiger partial charge in [-0.05, 0) is 57.2 Å². The summed E-state index contributed by atoms with van der Waals surface area (Å²) in [5.74, 6) is 3.37. The third-order valence-electron chi connectivity index (χ3n) is 4.66. The van der Waals surface area contributed by atoms with Crippen LogP contribution in [0.15, 0.2) is 41.7 Å². The van der Waals surface area contributed by atoms with Crippen molar-refractivity contribution in [1.82, 2.24) is 20.2 Å². The quantitative estimate of drug-likeness (QED) is 0.335. The average molecular weight is 400 g/mol. The SMILES string of the molecule is CCNC(=NCCCCn1ccnc1C)NC(C)c1ccc(OCC(C)C)cc1. The Hall–Kier alpha value is -2.50. The van der Waals surface area contributed by atoms with Crippen LogP contribution < -0.4 is 15.4 Å². The number of nitrogens with one attached hydrogen (secondary N) is 2. The highest BCUT2D eigenvalue weighted by Gasteiger charge is 2.08. The van der Waals surface area contributed by atoms with Crippen LogP contribution in [0.25, 0.3) is 0 Å². The number of imidazole rings is 1. The van der Waals surface area contributed by atoms with Crippen LogP contribution in [0.5, 0.6) is 5.75 Å². The van der Waals surface area contributed by atoms with Gasteiger partial charge in [-0.1, -0.05) is 26.0 Å². The van der Waals surface area contributed by atoms with Gasteiger partial charge in [0.25, 0.3) is 0 Å². The van der Waals surface area contributed by atoms with Gasteiger partial charge in [0.1, 0.15) is 11.6 Å². The van der Waals surface area contributed by atoms with E-state index in [9.17, 15) is 0 Å². The number of benzene rings is 1. The van der Waals surface area contributed by atoms with Crippen molar-refractivity contribution in [3.05, 3.63) is 48.0 Å². The number of unbranched alkanes of at least 4 members (excludes halogenated alkanes) is 1. The summed E-state index contributed by atoms with van der Waals surface area (Å²) in [7, 11) is 0. The van der Waals surface area contributed by atoms with Crippen LogP contribution in [0.4, 0.5) is 0 Å². The minimum Gasteiger partial charge on any atom is -0.493 e. The predicted molar refractivity (Wildman–Crippen MR) is 121 cm³/mol. The van der Waals surface area contributed by atoms with E-state index >= 15 is 0 Å². The number of guanidine groups is 1. The second-order valence-corrected chi connectivity index (χ2v) is 7.78. The number of nitrogens with zero attached hydrogens (tertiary/aromatic N) is 3. The largest absolute Gasteiger partial charge is 0.493 e. The zero-order valence-electron chi connectivity index (χ0n) is 18.6. The summed E-state index contributed by atoms with van der Waals surface area (Å²) in [6.07, 6.45) is 6.02. The molecule has 0 fully saturated rings. The molecular weight excluding hydrogens is 362 g/mol. The number of aliphatic imine (C=N–C) groups is 1. The van der Waals surface area contributed by atoms with Crippen molar-refractivity contribution >= 4 is 5.96 Å². The lowest BCUT2D eigenvalue weighted by Crippen LogP contribution is -2.38. The van der Waals surface area contributed by atoms with Gasteiger partial charge in [0.2, 0.25) is 0 Å². The molecule has 0 amide bonds. The van der Waals surface area contributed by atoms with Gasteiger partial charge in [-0.15, -0.1) is 0 Å². The van der Waals surface area contributed by atoms with Gasteiger partial charge in [-0.25, -0.2) is 4.98 Å². The molecule has 0 bridgehead atoms. The maximum atomic E-state index is 5.77. The van der Waals surface area contributed by atoms with Gasteiger partial charge in [-0.3, -0.25) is 4.99 Å². The van der Waals surface area contributed by atoms with Gasteiger partial charge < -0.3 is 19.9 Å². The topological polar surface area (TPSA) is 63.5 Å². The lowest BCUT2D eigenvalue weighted by atomic mass is 10.1. The van der Waals surface area contributed by atoms with E-state index in [1.807, 2.05) is 31.5 Å². The zero-order chi connectivity index (χ0) is 21.1. The Morgan fingerprint density at radius 2 is 1.93 bits per heavy atom. The summed E-state index contributed by atoms with van der Waals surface area (Å²) in [5, 5.41) is 6.84. The molecule has 2 aromatic rings. The fourth-order valence-corrected chi connectivity index (χ4v) is 2.95. The summed E-state index contributed by atoms with van der Waals surface area (Å²) >= 11 is 0. The molecule has 0 aliphatic carbocycles. The summed E-state index contributed by atoms with van der Waals surface area (Å²) in [6, 6.07) is 8.48. The molecule has 1 aromatic heterocycles. The van der Waals surface area contributed by atoms with Gasteiger partial charge in [0.05, 0.1) is 12.6 Å². The number of aryl methyl sites for hydroxylation is 2. The van der Waals surface area contributed by atoms with Crippen LogP contribution in [-0.4, -0.2) is 35.2 Å². The Morgan fingerprint density at radius 1 is 1.17 bits per heavy atom. The first-order valence-corrected chi connectivity index (χ1v) is 10.7. The van der Waals surface area contributed by atoms with Crippen molar-refractivity contribution in [3.8, 4) is 5.75 Å². The standard InChI is InChI=1S/C23H37N5O/c1-6-24-23(26-13-7-8-15-28-16-14-25-20(28)5)27-19(4)21-9-11-22(12-10-21)29-17-18(2)3/h9-12,14,16,18-19H,6-8,13,15,17H2,1-5H3,(H2,24,26,27). The van der Waals surface area contributed by atoms with Crippen molar-refractivity contribution in [1.29, 1.82) is 0 Å². The highest BCUT2D eigenvalue weighted by molar-refractivity contribution is 5.80. The maximum Gasteiger partial charge on any atom is 0.191 e. The molecule has 0 aliphatic rings. The first-order chi connectivity index (χ1) is 14.0. The Balaban J connectivity index is 1.81. The van der Waals surface area contributed by atoms with Gasteiger partial charge in [0.15, 0.2) is 5.96 Å². The zero-order valence-corrected chi connectivity index (χ0v) is 18.6. The van der Waals surface area contributed by atoms with Crippen LogP contribution in [0, 0.1) is 12.8 Å². The lowest BCUT2D eigenvalue weighted by Gasteiger charge is -2.19. The van der Waals surface area contributed by atoms with Crippen molar-refractivity contribution in [2.24, 2.45) is 10.9 Å². The normalized spacial score (nSPS) is 12.8. The predicted octanol–water partition coefficient (Wildman–Crippen LogP) is 4.32. The van der Waals surface area contributed by atoms with E-state index in [2.05, 4.69) is 60.0 Å². The summed E-state index contributed by atoms with van der Waals surface area (Å²) in [4.78, 5) is 8.99. The molecule has 29 heavy (non-hydrogen) atoms. The molecule has 2 rings (SSSR count). The van der Waals surface area contributed by atoms with Crippen LogP contribution in [0.1, 0.15) is 58.0 Å². The van der Waals surface area contributed by atoms with Crippen molar-refractivity contribution in [2.45, 2.75) is 60.0 Å². The molecule has 2 N–H and O–H groups in total. The molecule has 0 aliphatic heterocycles. The molecule has 1 aromatic carbocycles. The van der Waals surface area contributed by atoms with Gasteiger partial charge in [-0.2, -0.15) is 0 Å². The molecule has 0 saturated carbocycles. The first-order valence-electron chi connectivity index (χ1n) is 10.7. The first kappa shape index (κ1) is 22.8. The Labute approximate surface area is 175 Å². The molecule has 160 valence electrons. The monoisotopic (exact) mass is 399 g/mol. The van der Waals surface area contributed by atoms with Crippen LogP contribution in [0.2, 0.25) is 0 Å². The second kappa shape index (κ2) is 12.1. The fourth-order valence-electron chi connectivity index (χ4n) is 2.95. The number of aromatic nitrogens is 2. The molecule has 1 heterocycles. The van der Waals surface area contributed by atoms with Crippen molar-refractivity contribution in [3.63, 3.8) is 0 Å². The molecule has 1 atom stereocenters. The Morgan fingerprint density at radius 3 is 2.55 bits per heavy atom. The molecular formula is C23H37N5O. The molecule has 0 spiro atoms. The minimum absolute atomic E-state index is 0.167. The van der Waals surface area contributed by atoms with Gasteiger partial charge >= 0.3 is 0 Å². The van der Waals surface area contributed by atoms with Crippen LogP contribution >= 0.6 is 0 Å². The smallest absolute Gasteiger partial charge is 0.191 e. The third kappa shape index (κ3) is 8.18. The maximum absolute atomic E-state index is 5.77. The van der Waals surface area contributed by atoms with Crippen LogP contribution in [0.3, 0.4) is 0 Å². The summed E-state index contributed by atoms with van der Waals surface area (Å²) < 4.78 is 7.95. The minimum atomic E-state index is 0.167. The summed E-state index contributed by atoms with van der Waals surface area (Å²) in [6.45, 7) is 14.0. The molecule has 0 radical (unpaired) electrons. The highest BCUT2D eigenvalue weighted by Crippen LogP contribution is 2.18. The number of ether oxygens (including phenoxy) is 1. The number of hydrogen-bond acceptors (Lipinski definition) is 3. The lowest BCUT2D eigenvalue weighted by molar-refractivity contribution is 0.271. The highest BCUT2D eigenvalue weighted by atomic mass is 16.5. The van der Waals surface area contributed by atoms with E-state index in [1.165, 1.54) is 5.56 Å². The van der Waals surface area contributed by atoms with Gasteiger partial charge in [0, 0.05) is 32.0 Å². The van der Waals surface area contributed by atoms with E-state index in [4.69, 9.17) is 9.73 Å². The second-order valence-electron chi connectivity index (χ2n) is 7.78. The van der Waals surface area contributed by atoms with E-state index in [1.54, 1.807) is 0 Å². The summed E-state index contributed by atoms with van der Waals surface area (Å²) in [5.41, 5.74) is 1.21. The third-order valence-corrected chi connectivity index (χ3v) is 4.66. The van der Waals surface area contributed by atoms with Crippen molar-refractivity contribution < 1.29 is 4.74 Å². The van der Waals surface area contributed by atoms with Crippen LogP contribution in [-0.2, 0) is 6.54 Å². The van der Waals surface area contributed by atoms with E-state index in [0.717, 1.165) is 56.6 Å². The van der Waals surface area contributed by atoms with Crippen molar-refractivity contribution in [2.75, 3.05) is 19.7 Å². The molecule has 6 heteroatoms. The molecule has 1 unspecified atom stereocenters. The Bertz CT molecular complexity index is 736. The molecule has 0 saturated heterocycles. The Kier molecular flexibility index (Phi) is 9.54. The number of rotatable bonds is 11. The van der Waals surface area contributed by atoms with E-state index < -0.39 is 0 Å². The average Bonchev–Trinajstić information content (AvgIpc) is 3.11. The van der Waals surface area contributed by atoms with E-state index in [-0.39, 0.29) is 6.04 Å².